The van der Waals surface area contributed by atoms with Crippen molar-refractivity contribution in [2.75, 3.05) is 0 Å². The number of rotatable bonds is 4. The zero-order chi connectivity index (χ0) is 20.7. The summed E-state index contributed by atoms with van der Waals surface area (Å²) in [4.78, 5) is 0. The van der Waals surface area contributed by atoms with E-state index >= 15 is 0 Å². The number of aryl methyl sites for hydroxylation is 3. The lowest BCUT2D eigenvalue weighted by Crippen LogP contribution is -2.28. The molecule has 0 bridgehead atoms. The highest BCUT2D eigenvalue weighted by Crippen LogP contribution is 2.45. The monoisotopic (exact) mass is 372 g/mol. The van der Waals surface area contributed by atoms with Crippen LogP contribution in [0.1, 0.15) is 66.6 Å². The maximum atomic E-state index is 11.1. The third-order valence-electron chi connectivity index (χ3n) is 6.11. The molecule has 28 heavy (non-hydrogen) atoms. The topological polar surface area (TPSA) is 20.2 Å². The highest BCUT2D eigenvalue weighted by molar-refractivity contribution is 5.56. The minimum Gasteiger partial charge on any atom is -0.508 e. The molecular weight excluding hydrogens is 340 g/mol. The Labute approximate surface area is 170 Å². The Morgan fingerprint density at radius 1 is 0.571 bits per heavy atom. The SMILES string of the molecule is Cc1ccc(C(C)(C)c2cc(C)cc(O)c2C(C)(C)c2ccc(C)cc2)cc1. The summed E-state index contributed by atoms with van der Waals surface area (Å²) in [5, 5.41) is 11.1. The van der Waals surface area contributed by atoms with E-state index in [-0.39, 0.29) is 10.8 Å². The fourth-order valence-corrected chi connectivity index (χ4v) is 4.16. The Hall–Kier alpha value is -2.54. The van der Waals surface area contributed by atoms with Crippen molar-refractivity contribution in [3.63, 3.8) is 0 Å². The fourth-order valence-electron chi connectivity index (χ4n) is 4.16. The summed E-state index contributed by atoms with van der Waals surface area (Å²) in [6.45, 7) is 15.2. The van der Waals surface area contributed by atoms with Crippen LogP contribution < -0.4 is 0 Å². The molecule has 0 spiro atoms. The first kappa shape index (κ1) is 20.2. The maximum Gasteiger partial charge on any atom is 0.120 e. The van der Waals surface area contributed by atoms with Gasteiger partial charge in [-0.1, -0.05) is 93.4 Å². The highest BCUT2D eigenvalue weighted by Gasteiger charge is 2.35. The lowest BCUT2D eigenvalue weighted by atomic mass is 9.67. The molecule has 0 heterocycles. The predicted octanol–water partition coefficient (Wildman–Crippen LogP) is 6.97. The molecule has 0 aliphatic heterocycles. The van der Waals surface area contributed by atoms with E-state index in [0.717, 1.165) is 11.1 Å². The van der Waals surface area contributed by atoms with Gasteiger partial charge in [0.05, 0.1) is 0 Å². The zero-order valence-corrected chi connectivity index (χ0v) is 18.2. The van der Waals surface area contributed by atoms with E-state index in [9.17, 15) is 5.11 Å². The first-order chi connectivity index (χ1) is 13.0. The lowest BCUT2D eigenvalue weighted by Gasteiger charge is -2.36. The summed E-state index contributed by atoms with van der Waals surface area (Å²) >= 11 is 0. The molecule has 0 amide bonds. The van der Waals surface area contributed by atoms with Crippen molar-refractivity contribution in [1.82, 2.24) is 0 Å². The van der Waals surface area contributed by atoms with Gasteiger partial charge in [-0.15, -0.1) is 0 Å². The van der Waals surface area contributed by atoms with Crippen molar-refractivity contribution in [2.24, 2.45) is 0 Å². The number of hydrogen-bond donors (Lipinski definition) is 1. The second kappa shape index (κ2) is 7.13. The van der Waals surface area contributed by atoms with Gasteiger partial charge in [-0.25, -0.2) is 0 Å². The van der Waals surface area contributed by atoms with E-state index in [1.165, 1.54) is 27.8 Å². The normalized spacial score (nSPS) is 12.2. The van der Waals surface area contributed by atoms with E-state index in [1.807, 2.05) is 6.07 Å². The molecule has 0 aliphatic carbocycles. The van der Waals surface area contributed by atoms with Gasteiger partial charge in [-0.2, -0.15) is 0 Å². The van der Waals surface area contributed by atoms with Crippen LogP contribution in [0.4, 0.5) is 0 Å². The number of phenolic OH excluding ortho intramolecular Hbond substituents is 1. The van der Waals surface area contributed by atoms with Crippen LogP contribution >= 0.6 is 0 Å². The average molecular weight is 373 g/mol. The first-order valence-corrected chi connectivity index (χ1v) is 10.0. The van der Waals surface area contributed by atoms with Gasteiger partial charge in [-0.05, 0) is 49.1 Å². The summed E-state index contributed by atoms with van der Waals surface area (Å²) in [6, 6.07) is 21.5. The molecule has 3 rings (SSSR count). The summed E-state index contributed by atoms with van der Waals surface area (Å²) in [5.74, 6) is 0.376. The molecule has 1 N–H and O–H groups in total. The molecule has 0 radical (unpaired) electrons. The van der Waals surface area contributed by atoms with Crippen molar-refractivity contribution in [3.8, 4) is 5.75 Å². The number of phenols is 1. The van der Waals surface area contributed by atoms with Crippen LogP contribution in [0.5, 0.6) is 5.75 Å². The summed E-state index contributed by atoms with van der Waals surface area (Å²) in [7, 11) is 0. The molecule has 0 atom stereocenters. The molecule has 3 aromatic carbocycles. The van der Waals surface area contributed by atoms with Gasteiger partial charge in [0, 0.05) is 16.4 Å². The second-order valence-corrected chi connectivity index (χ2v) is 9.19. The van der Waals surface area contributed by atoms with E-state index < -0.39 is 0 Å². The lowest BCUT2D eigenvalue weighted by molar-refractivity contribution is 0.445. The van der Waals surface area contributed by atoms with E-state index in [2.05, 4.69) is 103 Å². The first-order valence-electron chi connectivity index (χ1n) is 10.0. The second-order valence-electron chi connectivity index (χ2n) is 9.19. The van der Waals surface area contributed by atoms with Crippen molar-refractivity contribution < 1.29 is 5.11 Å². The molecule has 0 aromatic heterocycles. The van der Waals surface area contributed by atoms with Crippen molar-refractivity contribution in [1.29, 1.82) is 0 Å². The largest absolute Gasteiger partial charge is 0.508 e. The van der Waals surface area contributed by atoms with E-state index in [4.69, 9.17) is 0 Å². The third kappa shape index (κ3) is 3.58. The molecule has 0 aliphatic rings. The van der Waals surface area contributed by atoms with Gasteiger partial charge in [-0.3, -0.25) is 0 Å². The number of aromatic hydroxyl groups is 1. The van der Waals surface area contributed by atoms with Crippen molar-refractivity contribution in [3.05, 3.63) is 99.6 Å². The quantitative estimate of drug-likeness (QED) is 0.524. The molecule has 0 unspecified atom stereocenters. The summed E-state index contributed by atoms with van der Waals surface area (Å²) < 4.78 is 0. The van der Waals surface area contributed by atoms with E-state index in [0.29, 0.717) is 5.75 Å². The molecular formula is C27H32O. The van der Waals surface area contributed by atoms with Crippen molar-refractivity contribution >= 4 is 0 Å². The Balaban J connectivity index is 2.25. The molecule has 1 heteroatoms. The van der Waals surface area contributed by atoms with Crippen LogP contribution in [0.2, 0.25) is 0 Å². The van der Waals surface area contributed by atoms with Crippen LogP contribution in [0, 0.1) is 20.8 Å². The molecule has 3 aromatic rings. The molecule has 1 nitrogen and oxygen atoms in total. The Bertz CT molecular complexity index is 974. The Morgan fingerprint density at radius 2 is 1.00 bits per heavy atom. The predicted molar refractivity (Wildman–Crippen MR) is 119 cm³/mol. The third-order valence-corrected chi connectivity index (χ3v) is 6.11. The molecule has 0 fully saturated rings. The maximum absolute atomic E-state index is 11.1. The summed E-state index contributed by atoms with van der Waals surface area (Å²) in [5.41, 5.74) is 7.68. The van der Waals surface area contributed by atoms with Crippen LogP contribution in [-0.4, -0.2) is 5.11 Å². The molecule has 0 saturated carbocycles. The smallest absolute Gasteiger partial charge is 0.120 e. The Morgan fingerprint density at radius 3 is 1.46 bits per heavy atom. The zero-order valence-electron chi connectivity index (χ0n) is 18.2. The van der Waals surface area contributed by atoms with Gasteiger partial charge < -0.3 is 5.11 Å². The minimum absolute atomic E-state index is 0.228. The van der Waals surface area contributed by atoms with Crippen LogP contribution in [-0.2, 0) is 10.8 Å². The molecule has 0 saturated heterocycles. The van der Waals surface area contributed by atoms with Gasteiger partial charge in [0.1, 0.15) is 5.75 Å². The minimum atomic E-state index is -0.317. The van der Waals surface area contributed by atoms with Crippen LogP contribution in [0.15, 0.2) is 60.7 Å². The van der Waals surface area contributed by atoms with Gasteiger partial charge in [0.15, 0.2) is 0 Å². The number of hydrogen-bond acceptors (Lipinski definition) is 1. The van der Waals surface area contributed by atoms with Crippen LogP contribution in [0.25, 0.3) is 0 Å². The standard InChI is InChI=1S/C27H32O/c1-18-8-12-21(13-9-18)26(4,5)23-16-20(3)17-24(28)25(23)27(6,7)22-14-10-19(2)11-15-22/h8-17,28H,1-7H3. The van der Waals surface area contributed by atoms with Gasteiger partial charge >= 0.3 is 0 Å². The molecule has 146 valence electrons. The average Bonchev–Trinajstić information content (AvgIpc) is 2.61. The van der Waals surface area contributed by atoms with E-state index in [1.54, 1.807) is 0 Å². The van der Waals surface area contributed by atoms with Gasteiger partial charge in [0.2, 0.25) is 0 Å². The fraction of sp³-hybridized carbons (Fsp3) is 0.333. The van der Waals surface area contributed by atoms with Gasteiger partial charge in [0.25, 0.3) is 0 Å². The Kier molecular flexibility index (Phi) is 5.14. The van der Waals surface area contributed by atoms with Crippen LogP contribution in [0.3, 0.4) is 0 Å². The number of benzene rings is 3. The highest BCUT2D eigenvalue weighted by atomic mass is 16.3. The van der Waals surface area contributed by atoms with Crippen molar-refractivity contribution in [2.45, 2.75) is 59.3 Å². The summed E-state index contributed by atoms with van der Waals surface area (Å²) in [6.07, 6.45) is 0.